The molecular weight excluding hydrogens is 394 g/mol. The fourth-order valence-corrected chi connectivity index (χ4v) is 2.05. The summed E-state index contributed by atoms with van der Waals surface area (Å²) < 4.78 is 14.8. The van der Waals surface area contributed by atoms with Gasteiger partial charge in [0.25, 0.3) is 0 Å². The van der Waals surface area contributed by atoms with Gasteiger partial charge in [0.2, 0.25) is 0 Å². The summed E-state index contributed by atoms with van der Waals surface area (Å²) >= 11 is 0. The normalized spacial score (nSPS) is 11.0. The van der Waals surface area contributed by atoms with Crippen molar-refractivity contribution < 1.29 is 4.39 Å². The lowest BCUT2D eigenvalue weighted by Gasteiger charge is -2.11. The lowest BCUT2D eigenvalue weighted by molar-refractivity contribution is 0.626. The van der Waals surface area contributed by atoms with Crippen LogP contribution in [0.15, 0.2) is 47.7 Å². The van der Waals surface area contributed by atoms with Crippen molar-refractivity contribution in [1.82, 2.24) is 15.2 Å². The van der Waals surface area contributed by atoms with Gasteiger partial charge < -0.3 is 15.2 Å². The lowest BCUT2D eigenvalue weighted by atomic mass is 10.1. The fourth-order valence-electron chi connectivity index (χ4n) is 2.05. The smallest absolute Gasteiger partial charge is 0.191 e. The van der Waals surface area contributed by atoms with Crippen LogP contribution in [-0.2, 0) is 20.0 Å². The molecule has 0 aliphatic rings. The summed E-state index contributed by atoms with van der Waals surface area (Å²) in [6, 6.07) is 8.64. The molecule has 0 atom stereocenters. The van der Waals surface area contributed by atoms with E-state index < -0.39 is 0 Å². The van der Waals surface area contributed by atoms with Crippen LogP contribution in [-0.4, -0.2) is 24.1 Å². The van der Waals surface area contributed by atoms with Gasteiger partial charge in [-0.25, -0.2) is 4.39 Å². The topological polar surface area (TPSA) is 41.4 Å². The highest BCUT2D eigenvalue weighted by Gasteiger charge is 2.00. The van der Waals surface area contributed by atoms with Crippen LogP contribution in [0, 0.1) is 5.82 Å². The molecule has 0 amide bonds. The first-order valence-corrected chi connectivity index (χ1v) is 6.97. The second kappa shape index (κ2) is 9.45. The van der Waals surface area contributed by atoms with Crippen molar-refractivity contribution in [2.45, 2.75) is 13.0 Å². The first kappa shape index (κ1) is 18.5. The van der Waals surface area contributed by atoms with Crippen molar-refractivity contribution in [3.63, 3.8) is 0 Å². The van der Waals surface area contributed by atoms with E-state index in [0.29, 0.717) is 0 Å². The summed E-state index contributed by atoms with van der Waals surface area (Å²) in [5, 5.41) is 6.51. The molecule has 6 heteroatoms. The predicted molar refractivity (Wildman–Crippen MR) is 99.1 cm³/mol. The molecule has 22 heavy (non-hydrogen) atoms. The van der Waals surface area contributed by atoms with E-state index in [1.807, 2.05) is 17.8 Å². The number of aromatic nitrogens is 1. The highest BCUT2D eigenvalue weighted by molar-refractivity contribution is 14.0. The van der Waals surface area contributed by atoms with Crippen molar-refractivity contribution in [3.05, 3.63) is 59.7 Å². The Balaban J connectivity index is 0.00000242. The van der Waals surface area contributed by atoms with Gasteiger partial charge in [-0.3, -0.25) is 4.99 Å². The number of nitrogens with one attached hydrogen (secondary N) is 2. The van der Waals surface area contributed by atoms with Gasteiger partial charge in [0.15, 0.2) is 5.96 Å². The second-order valence-corrected chi connectivity index (χ2v) is 4.91. The van der Waals surface area contributed by atoms with Gasteiger partial charge >= 0.3 is 0 Å². The zero-order chi connectivity index (χ0) is 15.1. The quantitative estimate of drug-likeness (QED) is 0.447. The molecule has 0 aliphatic carbocycles. The average molecular weight is 416 g/mol. The minimum Gasteiger partial charge on any atom is -0.357 e. The van der Waals surface area contributed by atoms with Gasteiger partial charge in [-0.15, -0.1) is 24.0 Å². The van der Waals surface area contributed by atoms with Crippen LogP contribution in [0.2, 0.25) is 0 Å². The third-order valence-corrected chi connectivity index (χ3v) is 3.20. The predicted octanol–water partition coefficient (Wildman–Crippen LogP) is 2.69. The molecule has 0 bridgehead atoms. The lowest BCUT2D eigenvalue weighted by Crippen LogP contribution is -2.37. The van der Waals surface area contributed by atoms with Crippen LogP contribution in [0.25, 0.3) is 0 Å². The maximum absolute atomic E-state index is 12.8. The van der Waals surface area contributed by atoms with Gasteiger partial charge in [-0.05, 0) is 35.7 Å². The Hall–Kier alpha value is -1.57. The number of guanidine groups is 1. The van der Waals surface area contributed by atoms with Gasteiger partial charge in [-0.2, -0.15) is 0 Å². The van der Waals surface area contributed by atoms with Crippen LogP contribution < -0.4 is 10.6 Å². The largest absolute Gasteiger partial charge is 0.357 e. The first-order chi connectivity index (χ1) is 10.2. The molecule has 0 fully saturated rings. The Kier molecular flexibility index (Phi) is 7.94. The Bertz CT molecular complexity index is 592. The van der Waals surface area contributed by atoms with E-state index in [-0.39, 0.29) is 29.8 Å². The molecule has 0 saturated carbocycles. The van der Waals surface area contributed by atoms with Gasteiger partial charge in [-0.1, -0.05) is 12.1 Å². The molecule has 0 unspecified atom stereocenters. The molecule has 1 heterocycles. The number of rotatable bonds is 5. The van der Waals surface area contributed by atoms with E-state index in [1.54, 1.807) is 19.2 Å². The maximum atomic E-state index is 12.8. The molecule has 1 aromatic carbocycles. The minimum atomic E-state index is -0.202. The Labute approximate surface area is 147 Å². The van der Waals surface area contributed by atoms with E-state index in [2.05, 4.69) is 27.9 Å². The zero-order valence-corrected chi connectivity index (χ0v) is 15.2. The van der Waals surface area contributed by atoms with Gasteiger partial charge in [0.05, 0.1) is 0 Å². The van der Waals surface area contributed by atoms with Gasteiger partial charge in [0.1, 0.15) is 5.82 Å². The number of aryl methyl sites for hydroxylation is 1. The molecule has 0 aliphatic heterocycles. The van der Waals surface area contributed by atoms with Crippen LogP contribution >= 0.6 is 24.0 Å². The van der Waals surface area contributed by atoms with Crippen molar-refractivity contribution in [1.29, 1.82) is 0 Å². The minimum absolute atomic E-state index is 0. The standard InChI is InChI=1S/C16H21FN4.HI/c1-18-16(20-11-14-8-10-21(2)12-14)19-9-7-13-3-5-15(17)6-4-13;/h3-6,8,10,12H,7,9,11H2,1-2H3,(H2,18,19,20);1H. The van der Waals surface area contributed by atoms with Gasteiger partial charge in [0, 0.05) is 39.6 Å². The summed E-state index contributed by atoms with van der Waals surface area (Å²) in [7, 11) is 3.75. The molecule has 2 N–H and O–H groups in total. The average Bonchev–Trinajstić information content (AvgIpc) is 2.90. The number of halogens is 2. The fraction of sp³-hybridized carbons (Fsp3) is 0.312. The number of hydrogen-bond donors (Lipinski definition) is 2. The number of nitrogens with zero attached hydrogens (tertiary/aromatic N) is 2. The van der Waals surface area contributed by atoms with Crippen LogP contribution in [0.5, 0.6) is 0 Å². The molecule has 0 radical (unpaired) electrons. The summed E-state index contributed by atoms with van der Waals surface area (Å²) in [5.41, 5.74) is 2.31. The summed E-state index contributed by atoms with van der Waals surface area (Å²) in [6.45, 7) is 1.48. The summed E-state index contributed by atoms with van der Waals surface area (Å²) in [6.07, 6.45) is 4.91. The van der Waals surface area contributed by atoms with E-state index in [9.17, 15) is 4.39 Å². The van der Waals surface area contributed by atoms with Crippen molar-refractivity contribution in [2.24, 2.45) is 12.0 Å². The number of hydrogen-bond acceptors (Lipinski definition) is 1. The third kappa shape index (κ3) is 6.05. The summed E-state index contributed by atoms with van der Waals surface area (Å²) in [5.74, 6) is 0.563. The van der Waals surface area contributed by atoms with E-state index >= 15 is 0 Å². The molecule has 0 saturated heterocycles. The van der Waals surface area contributed by atoms with E-state index in [1.165, 1.54) is 17.7 Å². The molecule has 1 aromatic heterocycles. The summed E-state index contributed by atoms with van der Waals surface area (Å²) in [4.78, 5) is 4.18. The molecule has 120 valence electrons. The van der Waals surface area contributed by atoms with E-state index in [0.717, 1.165) is 31.0 Å². The Morgan fingerprint density at radius 3 is 2.45 bits per heavy atom. The molecule has 2 aromatic rings. The zero-order valence-electron chi connectivity index (χ0n) is 12.8. The van der Waals surface area contributed by atoms with Crippen LogP contribution in [0.4, 0.5) is 4.39 Å². The molecule has 4 nitrogen and oxygen atoms in total. The highest BCUT2D eigenvalue weighted by atomic mass is 127. The Morgan fingerprint density at radius 1 is 1.14 bits per heavy atom. The van der Waals surface area contributed by atoms with Crippen molar-refractivity contribution >= 4 is 29.9 Å². The second-order valence-electron chi connectivity index (χ2n) is 4.91. The van der Waals surface area contributed by atoms with E-state index in [4.69, 9.17) is 0 Å². The molecule has 0 spiro atoms. The molecule has 2 rings (SSSR count). The first-order valence-electron chi connectivity index (χ1n) is 6.97. The Morgan fingerprint density at radius 2 is 1.86 bits per heavy atom. The van der Waals surface area contributed by atoms with Crippen molar-refractivity contribution in [3.8, 4) is 0 Å². The third-order valence-electron chi connectivity index (χ3n) is 3.20. The number of aliphatic imine (C=N–C) groups is 1. The van der Waals surface area contributed by atoms with Crippen LogP contribution in [0.1, 0.15) is 11.1 Å². The molecular formula is C16H22FIN4. The van der Waals surface area contributed by atoms with Crippen LogP contribution in [0.3, 0.4) is 0 Å². The van der Waals surface area contributed by atoms with Crippen molar-refractivity contribution in [2.75, 3.05) is 13.6 Å². The SMILES string of the molecule is CN=C(NCCc1ccc(F)cc1)NCc1ccn(C)c1.I. The number of benzene rings is 1. The highest BCUT2D eigenvalue weighted by Crippen LogP contribution is 2.02. The monoisotopic (exact) mass is 416 g/mol. The maximum Gasteiger partial charge on any atom is 0.191 e.